The van der Waals surface area contributed by atoms with Crippen molar-refractivity contribution in [3.63, 3.8) is 0 Å². The standard InChI is InChI=1S/C12H12N6O/c1-2-19-12-10(13)11(14-7-15-12)18-9-6-4-3-5-8(9)16-17-18/h3-7H,2,13H2,1H3. The molecule has 2 N–H and O–H groups in total. The Kier molecular flexibility index (Phi) is 2.71. The lowest BCUT2D eigenvalue weighted by Crippen LogP contribution is -2.08. The van der Waals surface area contributed by atoms with E-state index >= 15 is 0 Å². The van der Waals surface area contributed by atoms with Gasteiger partial charge in [-0.2, -0.15) is 9.67 Å². The summed E-state index contributed by atoms with van der Waals surface area (Å²) in [5, 5.41) is 8.14. The number of hydrogen-bond acceptors (Lipinski definition) is 6. The van der Waals surface area contributed by atoms with E-state index in [0.717, 1.165) is 11.0 Å². The molecule has 0 radical (unpaired) electrons. The lowest BCUT2D eigenvalue weighted by molar-refractivity contribution is 0.328. The molecular weight excluding hydrogens is 244 g/mol. The molecule has 0 aliphatic heterocycles. The van der Waals surface area contributed by atoms with Crippen LogP contribution < -0.4 is 10.5 Å². The van der Waals surface area contributed by atoms with Crippen LogP contribution in [0.25, 0.3) is 16.9 Å². The summed E-state index contributed by atoms with van der Waals surface area (Å²) in [6.45, 7) is 2.35. The second kappa shape index (κ2) is 4.52. The van der Waals surface area contributed by atoms with E-state index in [9.17, 15) is 0 Å². The SMILES string of the molecule is CCOc1ncnc(-n2nnc3ccccc32)c1N. The quantitative estimate of drug-likeness (QED) is 0.756. The van der Waals surface area contributed by atoms with Gasteiger partial charge < -0.3 is 10.5 Å². The van der Waals surface area contributed by atoms with E-state index in [4.69, 9.17) is 10.5 Å². The highest BCUT2D eigenvalue weighted by Gasteiger charge is 2.14. The molecular formula is C12H12N6O. The molecule has 0 saturated carbocycles. The van der Waals surface area contributed by atoms with E-state index in [1.807, 2.05) is 31.2 Å². The van der Waals surface area contributed by atoms with Crippen LogP contribution in [-0.2, 0) is 0 Å². The Morgan fingerprint density at radius 3 is 2.95 bits per heavy atom. The molecule has 0 atom stereocenters. The Balaban J connectivity index is 2.19. The smallest absolute Gasteiger partial charge is 0.242 e. The normalized spacial score (nSPS) is 10.8. The van der Waals surface area contributed by atoms with E-state index in [-0.39, 0.29) is 0 Å². The second-order valence-corrected chi connectivity index (χ2v) is 3.84. The van der Waals surface area contributed by atoms with E-state index < -0.39 is 0 Å². The average molecular weight is 256 g/mol. The fourth-order valence-corrected chi connectivity index (χ4v) is 1.82. The molecule has 96 valence electrons. The third-order valence-electron chi connectivity index (χ3n) is 2.66. The third kappa shape index (κ3) is 1.85. The van der Waals surface area contributed by atoms with E-state index in [0.29, 0.717) is 24.0 Å². The number of aromatic nitrogens is 5. The molecule has 7 nitrogen and oxygen atoms in total. The number of benzene rings is 1. The van der Waals surface area contributed by atoms with Gasteiger partial charge in [0.1, 0.15) is 17.5 Å². The maximum atomic E-state index is 6.01. The predicted octanol–water partition coefficient (Wildman–Crippen LogP) is 1.19. The minimum Gasteiger partial charge on any atom is -0.476 e. The van der Waals surface area contributed by atoms with Gasteiger partial charge in [-0.15, -0.1) is 5.10 Å². The van der Waals surface area contributed by atoms with E-state index in [1.165, 1.54) is 6.33 Å². The van der Waals surface area contributed by atoms with E-state index in [2.05, 4.69) is 20.3 Å². The summed E-state index contributed by atoms with van der Waals surface area (Å²) in [5.74, 6) is 0.819. The predicted molar refractivity (Wildman–Crippen MR) is 70.0 cm³/mol. The molecule has 0 aliphatic carbocycles. The van der Waals surface area contributed by atoms with E-state index in [1.54, 1.807) is 4.68 Å². The summed E-state index contributed by atoms with van der Waals surface area (Å²) >= 11 is 0. The number of para-hydroxylation sites is 1. The summed E-state index contributed by atoms with van der Waals surface area (Å²) in [6.07, 6.45) is 1.40. The Bertz CT molecular complexity index is 723. The molecule has 3 aromatic rings. The van der Waals surface area contributed by atoms with Crippen LogP contribution >= 0.6 is 0 Å². The summed E-state index contributed by atoms with van der Waals surface area (Å²) in [5.41, 5.74) is 7.97. The molecule has 2 aromatic heterocycles. The molecule has 0 unspecified atom stereocenters. The average Bonchev–Trinajstić information content (AvgIpc) is 2.85. The van der Waals surface area contributed by atoms with Gasteiger partial charge in [0.2, 0.25) is 5.88 Å². The molecule has 19 heavy (non-hydrogen) atoms. The molecule has 1 aromatic carbocycles. The van der Waals surface area contributed by atoms with Crippen LogP contribution in [0.5, 0.6) is 5.88 Å². The van der Waals surface area contributed by atoms with Crippen molar-refractivity contribution in [2.24, 2.45) is 0 Å². The van der Waals surface area contributed by atoms with Gasteiger partial charge in [0.05, 0.1) is 12.1 Å². The zero-order chi connectivity index (χ0) is 13.2. The van der Waals surface area contributed by atoms with Crippen molar-refractivity contribution in [2.45, 2.75) is 6.92 Å². The van der Waals surface area contributed by atoms with Crippen LogP contribution in [0.2, 0.25) is 0 Å². The number of rotatable bonds is 3. The molecule has 2 heterocycles. The Morgan fingerprint density at radius 1 is 1.26 bits per heavy atom. The summed E-state index contributed by atoms with van der Waals surface area (Å²) in [4.78, 5) is 8.16. The van der Waals surface area contributed by atoms with Crippen molar-refractivity contribution in [2.75, 3.05) is 12.3 Å². The maximum Gasteiger partial charge on any atom is 0.242 e. The van der Waals surface area contributed by atoms with Crippen LogP contribution in [0.4, 0.5) is 5.69 Å². The van der Waals surface area contributed by atoms with Gasteiger partial charge >= 0.3 is 0 Å². The lowest BCUT2D eigenvalue weighted by atomic mass is 10.3. The molecule has 0 fully saturated rings. The van der Waals surface area contributed by atoms with Gasteiger partial charge in [-0.05, 0) is 19.1 Å². The Labute approximate surface area is 109 Å². The van der Waals surface area contributed by atoms with Crippen molar-refractivity contribution in [1.29, 1.82) is 0 Å². The number of hydrogen-bond donors (Lipinski definition) is 1. The summed E-state index contributed by atoms with van der Waals surface area (Å²) in [6, 6.07) is 7.58. The van der Waals surface area contributed by atoms with Gasteiger partial charge in [0, 0.05) is 0 Å². The van der Waals surface area contributed by atoms with Crippen LogP contribution in [0.15, 0.2) is 30.6 Å². The van der Waals surface area contributed by atoms with Gasteiger partial charge in [-0.1, -0.05) is 17.3 Å². The Hall–Kier alpha value is -2.70. The fourth-order valence-electron chi connectivity index (χ4n) is 1.82. The second-order valence-electron chi connectivity index (χ2n) is 3.84. The van der Waals surface area contributed by atoms with Gasteiger partial charge in [0.25, 0.3) is 0 Å². The molecule has 3 rings (SSSR count). The van der Waals surface area contributed by atoms with Crippen molar-refractivity contribution in [1.82, 2.24) is 25.0 Å². The number of nitrogens with two attached hydrogens (primary N) is 1. The first kappa shape index (κ1) is 11.4. The van der Waals surface area contributed by atoms with Crippen molar-refractivity contribution in [3.05, 3.63) is 30.6 Å². The highest BCUT2D eigenvalue weighted by molar-refractivity contribution is 5.77. The zero-order valence-corrected chi connectivity index (χ0v) is 10.3. The van der Waals surface area contributed by atoms with Gasteiger partial charge in [0.15, 0.2) is 5.82 Å². The molecule has 0 bridgehead atoms. The first-order valence-corrected chi connectivity index (χ1v) is 5.85. The van der Waals surface area contributed by atoms with Crippen molar-refractivity contribution in [3.8, 4) is 11.7 Å². The van der Waals surface area contributed by atoms with Crippen LogP contribution in [0.1, 0.15) is 6.92 Å². The van der Waals surface area contributed by atoms with Crippen molar-refractivity contribution < 1.29 is 4.74 Å². The summed E-state index contributed by atoms with van der Waals surface area (Å²) < 4.78 is 6.93. The van der Waals surface area contributed by atoms with Gasteiger partial charge in [-0.25, -0.2) is 4.98 Å². The van der Waals surface area contributed by atoms with Crippen LogP contribution in [0.3, 0.4) is 0 Å². The first-order valence-electron chi connectivity index (χ1n) is 5.85. The fraction of sp³-hybridized carbons (Fsp3) is 0.167. The molecule has 0 aliphatic rings. The van der Waals surface area contributed by atoms with Gasteiger partial charge in [-0.3, -0.25) is 0 Å². The first-order chi connectivity index (χ1) is 9.31. The Morgan fingerprint density at radius 2 is 2.11 bits per heavy atom. The molecule has 0 spiro atoms. The highest BCUT2D eigenvalue weighted by Crippen LogP contribution is 2.25. The number of nitrogens with zero attached hydrogens (tertiary/aromatic N) is 5. The largest absolute Gasteiger partial charge is 0.476 e. The monoisotopic (exact) mass is 256 g/mol. The molecule has 0 saturated heterocycles. The number of fused-ring (bicyclic) bond motifs is 1. The number of nitrogen functional groups attached to an aromatic ring is 1. The molecule has 0 amide bonds. The van der Waals surface area contributed by atoms with Crippen LogP contribution in [-0.4, -0.2) is 31.6 Å². The highest BCUT2D eigenvalue weighted by atomic mass is 16.5. The lowest BCUT2D eigenvalue weighted by Gasteiger charge is -2.08. The zero-order valence-electron chi connectivity index (χ0n) is 10.3. The van der Waals surface area contributed by atoms with Crippen molar-refractivity contribution >= 4 is 16.7 Å². The summed E-state index contributed by atoms with van der Waals surface area (Å²) in [7, 11) is 0. The topological polar surface area (TPSA) is 91.7 Å². The number of anilines is 1. The van der Waals surface area contributed by atoms with Crippen LogP contribution in [0, 0.1) is 0 Å². The minimum absolute atomic E-state index is 0.347. The minimum atomic E-state index is 0.347. The maximum absolute atomic E-state index is 6.01. The number of ether oxygens (including phenoxy) is 1. The third-order valence-corrected chi connectivity index (χ3v) is 2.66. The molecule has 7 heteroatoms.